The van der Waals surface area contributed by atoms with E-state index in [1.54, 1.807) is 20.3 Å². The lowest BCUT2D eigenvalue weighted by Crippen LogP contribution is -2.29. The van der Waals surface area contributed by atoms with Crippen molar-refractivity contribution < 1.29 is 13.9 Å². The smallest absolute Gasteiger partial charge is 0.127 e. The summed E-state index contributed by atoms with van der Waals surface area (Å²) in [5.74, 6) is 6.66. The zero-order valence-corrected chi connectivity index (χ0v) is 13.3. The number of rotatable bonds is 5. The number of nitrogens with two attached hydrogens (primary N) is 1. The molecule has 2 aromatic carbocycles. The van der Waals surface area contributed by atoms with Crippen LogP contribution in [-0.2, 0) is 0 Å². The van der Waals surface area contributed by atoms with E-state index in [1.165, 1.54) is 12.1 Å². The van der Waals surface area contributed by atoms with Gasteiger partial charge < -0.3 is 9.47 Å². The van der Waals surface area contributed by atoms with Gasteiger partial charge in [-0.05, 0) is 29.8 Å². The zero-order chi connectivity index (χ0) is 15.4. The molecule has 3 N–H and O–H groups in total. The second-order valence-corrected chi connectivity index (χ2v) is 5.20. The average molecular weight is 355 g/mol. The molecule has 112 valence electrons. The van der Waals surface area contributed by atoms with Crippen LogP contribution in [0.5, 0.6) is 11.5 Å². The molecule has 1 atom stereocenters. The van der Waals surface area contributed by atoms with E-state index in [0.29, 0.717) is 16.0 Å². The van der Waals surface area contributed by atoms with E-state index in [-0.39, 0.29) is 5.82 Å². The van der Waals surface area contributed by atoms with Crippen LogP contribution in [0.4, 0.5) is 4.39 Å². The first kappa shape index (κ1) is 15.8. The second-order valence-electron chi connectivity index (χ2n) is 4.34. The van der Waals surface area contributed by atoms with Crippen molar-refractivity contribution in [1.29, 1.82) is 0 Å². The third-order valence-electron chi connectivity index (χ3n) is 3.19. The molecule has 0 aliphatic rings. The molecule has 0 aliphatic carbocycles. The van der Waals surface area contributed by atoms with Crippen LogP contribution in [0.3, 0.4) is 0 Å². The maximum Gasteiger partial charge on any atom is 0.127 e. The van der Waals surface area contributed by atoms with Crippen LogP contribution in [0.15, 0.2) is 40.9 Å². The van der Waals surface area contributed by atoms with Gasteiger partial charge in [-0.25, -0.2) is 9.82 Å². The number of benzene rings is 2. The van der Waals surface area contributed by atoms with Gasteiger partial charge in [0, 0.05) is 4.47 Å². The van der Waals surface area contributed by atoms with Crippen molar-refractivity contribution in [2.45, 2.75) is 6.04 Å². The predicted molar refractivity (Wildman–Crippen MR) is 82.8 cm³/mol. The molecule has 0 spiro atoms. The number of halogens is 2. The Bertz CT molecular complexity index is 615. The number of nitrogens with one attached hydrogen (secondary N) is 1. The van der Waals surface area contributed by atoms with Gasteiger partial charge in [0.1, 0.15) is 17.3 Å². The standard InChI is InChI=1S/C15H16BrFN2O2/c1-20-12-4-3-5-13(21-2)14(12)15(19-18)10-7-6-9(17)8-11(10)16/h3-8,15,19H,18H2,1-2H3. The first-order valence-corrected chi connectivity index (χ1v) is 7.03. The topological polar surface area (TPSA) is 56.5 Å². The van der Waals surface area contributed by atoms with Crippen molar-refractivity contribution in [1.82, 2.24) is 5.43 Å². The van der Waals surface area contributed by atoms with E-state index < -0.39 is 6.04 Å². The highest BCUT2D eigenvalue weighted by molar-refractivity contribution is 9.10. The summed E-state index contributed by atoms with van der Waals surface area (Å²) in [7, 11) is 3.15. The Kier molecular flexibility index (Phi) is 5.17. The highest BCUT2D eigenvalue weighted by atomic mass is 79.9. The lowest BCUT2D eigenvalue weighted by Gasteiger charge is -2.23. The van der Waals surface area contributed by atoms with E-state index in [2.05, 4.69) is 21.4 Å². The summed E-state index contributed by atoms with van der Waals surface area (Å²) in [6.07, 6.45) is 0. The summed E-state index contributed by atoms with van der Waals surface area (Å²) in [5.41, 5.74) is 4.26. The summed E-state index contributed by atoms with van der Waals surface area (Å²) >= 11 is 3.36. The molecule has 1 unspecified atom stereocenters. The zero-order valence-electron chi connectivity index (χ0n) is 11.7. The minimum absolute atomic E-state index is 0.326. The van der Waals surface area contributed by atoms with E-state index in [9.17, 15) is 4.39 Å². The molecular weight excluding hydrogens is 339 g/mol. The van der Waals surface area contributed by atoms with Gasteiger partial charge in [0.05, 0.1) is 25.8 Å². The van der Waals surface area contributed by atoms with Gasteiger partial charge in [-0.2, -0.15) is 0 Å². The van der Waals surface area contributed by atoms with Crippen LogP contribution in [0, 0.1) is 5.82 Å². The molecule has 0 fully saturated rings. The van der Waals surface area contributed by atoms with Crippen molar-refractivity contribution in [3.05, 3.63) is 57.8 Å². The normalized spacial score (nSPS) is 12.0. The number of ether oxygens (including phenoxy) is 2. The molecule has 0 saturated heterocycles. The highest BCUT2D eigenvalue weighted by Crippen LogP contribution is 2.39. The molecule has 21 heavy (non-hydrogen) atoms. The number of hydrogen-bond acceptors (Lipinski definition) is 4. The predicted octanol–water partition coefficient (Wildman–Crippen LogP) is 3.16. The largest absolute Gasteiger partial charge is 0.496 e. The Morgan fingerprint density at radius 2 is 1.76 bits per heavy atom. The number of methoxy groups -OCH3 is 2. The van der Waals surface area contributed by atoms with E-state index in [0.717, 1.165) is 11.1 Å². The minimum Gasteiger partial charge on any atom is -0.496 e. The van der Waals surface area contributed by atoms with E-state index in [4.69, 9.17) is 15.3 Å². The molecule has 0 bridgehead atoms. The molecule has 2 rings (SSSR count). The summed E-state index contributed by atoms with van der Waals surface area (Å²) < 4.78 is 24.7. The van der Waals surface area contributed by atoms with Gasteiger partial charge in [0.2, 0.25) is 0 Å². The molecular formula is C15H16BrFN2O2. The summed E-state index contributed by atoms with van der Waals surface area (Å²) in [4.78, 5) is 0. The second kappa shape index (κ2) is 6.89. The molecule has 6 heteroatoms. The lowest BCUT2D eigenvalue weighted by atomic mass is 9.97. The van der Waals surface area contributed by atoms with Crippen LogP contribution in [0.25, 0.3) is 0 Å². The molecule has 0 radical (unpaired) electrons. The van der Waals surface area contributed by atoms with Gasteiger partial charge in [-0.15, -0.1) is 0 Å². The van der Waals surface area contributed by atoms with E-state index >= 15 is 0 Å². The Balaban J connectivity index is 2.61. The maximum absolute atomic E-state index is 13.3. The van der Waals surface area contributed by atoms with Crippen molar-refractivity contribution in [3.63, 3.8) is 0 Å². The molecule has 4 nitrogen and oxygen atoms in total. The molecule has 0 heterocycles. The summed E-state index contributed by atoms with van der Waals surface area (Å²) in [5, 5.41) is 0. The van der Waals surface area contributed by atoms with Gasteiger partial charge in [0.25, 0.3) is 0 Å². The van der Waals surface area contributed by atoms with Crippen molar-refractivity contribution in [3.8, 4) is 11.5 Å². The highest BCUT2D eigenvalue weighted by Gasteiger charge is 2.23. The Hall–Kier alpha value is -1.63. The Morgan fingerprint density at radius 1 is 1.14 bits per heavy atom. The fourth-order valence-electron chi connectivity index (χ4n) is 2.23. The van der Waals surface area contributed by atoms with Crippen LogP contribution < -0.4 is 20.7 Å². The van der Waals surface area contributed by atoms with Crippen molar-refractivity contribution >= 4 is 15.9 Å². The first-order valence-electron chi connectivity index (χ1n) is 6.24. The van der Waals surface area contributed by atoms with Gasteiger partial charge in [0.15, 0.2) is 0 Å². The first-order chi connectivity index (χ1) is 10.1. The molecule has 2 aromatic rings. The van der Waals surface area contributed by atoms with Crippen LogP contribution in [0.1, 0.15) is 17.2 Å². The number of hydrogen-bond donors (Lipinski definition) is 2. The lowest BCUT2D eigenvalue weighted by molar-refractivity contribution is 0.377. The third kappa shape index (κ3) is 3.18. The minimum atomic E-state index is -0.411. The third-order valence-corrected chi connectivity index (χ3v) is 3.88. The van der Waals surface area contributed by atoms with Crippen molar-refractivity contribution in [2.24, 2.45) is 5.84 Å². The Labute approximate surface area is 131 Å². The van der Waals surface area contributed by atoms with Gasteiger partial charge in [-0.3, -0.25) is 5.84 Å². The molecule has 0 amide bonds. The summed E-state index contributed by atoms with van der Waals surface area (Å²) in [6, 6.07) is 9.49. The van der Waals surface area contributed by atoms with Gasteiger partial charge >= 0.3 is 0 Å². The average Bonchev–Trinajstić information content (AvgIpc) is 2.49. The summed E-state index contributed by atoms with van der Waals surface area (Å²) in [6.45, 7) is 0. The Morgan fingerprint density at radius 3 is 2.24 bits per heavy atom. The van der Waals surface area contributed by atoms with Gasteiger partial charge in [-0.1, -0.05) is 28.1 Å². The number of hydrazine groups is 1. The van der Waals surface area contributed by atoms with E-state index in [1.807, 2.05) is 18.2 Å². The fourth-order valence-corrected chi connectivity index (χ4v) is 2.81. The maximum atomic E-state index is 13.3. The molecule has 0 aromatic heterocycles. The monoisotopic (exact) mass is 354 g/mol. The molecule has 0 aliphatic heterocycles. The molecule has 0 saturated carbocycles. The van der Waals surface area contributed by atoms with Crippen LogP contribution >= 0.6 is 15.9 Å². The van der Waals surface area contributed by atoms with Crippen molar-refractivity contribution in [2.75, 3.05) is 14.2 Å². The van der Waals surface area contributed by atoms with Crippen LogP contribution in [0.2, 0.25) is 0 Å². The quantitative estimate of drug-likeness (QED) is 0.639. The fraction of sp³-hybridized carbons (Fsp3) is 0.200. The van der Waals surface area contributed by atoms with Crippen LogP contribution in [-0.4, -0.2) is 14.2 Å². The SMILES string of the molecule is COc1cccc(OC)c1C(NN)c1ccc(F)cc1Br.